The minimum absolute atomic E-state index is 0.0730. The van der Waals surface area contributed by atoms with Gasteiger partial charge in [-0.1, -0.05) is 0 Å². The van der Waals surface area contributed by atoms with Gasteiger partial charge in [-0.3, -0.25) is 4.79 Å². The van der Waals surface area contributed by atoms with Crippen molar-refractivity contribution in [1.82, 2.24) is 0 Å². The van der Waals surface area contributed by atoms with Gasteiger partial charge in [-0.25, -0.2) is 0 Å². The molecule has 1 rings (SSSR count). The van der Waals surface area contributed by atoms with Crippen molar-refractivity contribution in [1.29, 1.82) is 0 Å². The van der Waals surface area contributed by atoms with Gasteiger partial charge in [-0.05, 0) is 12.1 Å². The first-order valence-corrected chi connectivity index (χ1v) is 3.60. The molecule has 13 heavy (non-hydrogen) atoms. The van der Waals surface area contributed by atoms with Gasteiger partial charge in [0.25, 0.3) is 0 Å². The highest BCUT2D eigenvalue weighted by molar-refractivity contribution is 5.89. The largest absolute Gasteiger partial charge is 0.497 e. The average Bonchev–Trinajstić information content (AvgIpc) is 2.16. The minimum Gasteiger partial charge on any atom is -0.497 e. The Morgan fingerprint density at radius 3 is 1.92 bits per heavy atom. The predicted octanol–water partition coefficient (Wildman–Crippen LogP) is 1.81. The van der Waals surface area contributed by atoms with Crippen LogP contribution >= 0.6 is 0 Å². The fourth-order valence-corrected chi connectivity index (χ4v) is 0.921. The first kappa shape index (κ1) is 9.51. The fraction of sp³-hybridized carbons (Fsp3) is 0.222. The van der Waals surface area contributed by atoms with Crippen molar-refractivity contribution in [3.63, 3.8) is 0 Å². The number of rotatable bonds is 3. The number of ether oxygens (including phenoxy) is 2. The molecule has 70 valence electrons. The predicted molar refractivity (Wildman–Crippen MR) is 45.0 cm³/mol. The van der Waals surface area contributed by atoms with Gasteiger partial charge >= 0.3 is 6.04 Å². The highest BCUT2D eigenvalue weighted by atomic mass is 19.1. The van der Waals surface area contributed by atoms with Crippen molar-refractivity contribution in [2.24, 2.45) is 0 Å². The zero-order valence-corrected chi connectivity index (χ0v) is 7.33. The van der Waals surface area contributed by atoms with Gasteiger partial charge in [0.2, 0.25) is 0 Å². The Bertz CT molecular complexity index is 300. The molecule has 0 saturated carbocycles. The summed E-state index contributed by atoms with van der Waals surface area (Å²) in [6.07, 6.45) is 0. The number of hydrogen-bond acceptors (Lipinski definition) is 3. The Kier molecular flexibility index (Phi) is 2.84. The van der Waals surface area contributed by atoms with E-state index >= 15 is 0 Å². The molecule has 0 spiro atoms. The van der Waals surface area contributed by atoms with Gasteiger partial charge in [-0.2, -0.15) is 4.39 Å². The summed E-state index contributed by atoms with van der Waals surface area (Å²) in [7, 11) is 2.86. The van der Waals surface area contributed by atoms with Crippen LogP contribution in [0, 0.1) is 0 Å². The molecule has 0 aromatic heterocycles. The lowest BCUT2D eigenvalue weighted by Crippen LogP contribution is -1.94. The van der Waals surface area contributed by atoms with Crippen molar-refractivity contribution in [2.45, 2.75) is 0 Å². The van der Waals surface area contributed by atoms with E-state index in [1.54, 1.807) is 6.07 Å². The SMILES string of the molecule is COc1cc(OC)cc(C(=O)F)c1. The molecule has 4 heteroatoms. The highest BCUT2D eigenvalue weighted by Gasteiger charge is 2.07. The Labute approximate surface area is 75.1 Å². The van der Waals surface area contributed by atoms with E-state index in [0.717, 1.165) is 0 Å². The molecule has 3 nitrogen and oxygen atoms in total. The molecule has 0 heterocycles. The van der Waals surface area contributed by atoms with Crippen LogP contribution in [-0.4, -0.2) is 20.3 Å². The third-order valence-corrected chi connectivity index (χ3v) is 1.58. The van der Waals surface area contributed by atoms with E-state index in [1.165, 1.54) is 26.4 Å². The van der Waals surface area contributed by atoms with Crippen molar-refractivity contribution in [3.8, 4) is 11.5 Å². The summed E-state index contributed by atoms with van der Waals surface area (Å²) in [5.74, 6) is 0.778. The van der Waals surface area contributed by atoms with Crippen LogP contribution in [0.25, 0.3) is 0 Å². The molecule has 0 N–H and O–H groups in total. The number of benzene rings is 1. The van der Waals surface area contributed by atoms with E-state index < -0.39 is 6.04 Å². The Morgan fingerprint density at radius 2 is 1.62 bits per heavy atom. The zero-order chi connectivity index (χ0) is 9.84. The summed E-state index contributed by atoms with van der Waals surface area (Å²) in [5.41, 5.74) is -0.0730. The zero-order valence-electron chi connectivity index (χ0n) is 7.33. The Morgan fingerprint density at radius 1 is 1.15 bits per heavy atom. The summed E-state index contributed by atoms with van der Waals surface area (Å²) in [6.45, 7) is 0. The van der Waals surface area contributed by atoms with Crippen molar-refractivity contribution in [2.75, 3.05) is 14.2 Å². The molecule has 0 atom stereocenters. The van der Waals surface area contributed by atoms with Gasteiger partial charge in [0.15, 0.2) is 0 Å². The third-order valence-electron chi connectivity index (χ3n) is 1.58. The van der Waals surface area contributed by atoms with Gasteiger partial charge in [0, 0.05) is 6.07 Å². The lowest BCUT2D eigenvalue weighted by Gasteiger charge is -2.04. The monoisotopic (exact) mass is 184 g/mol. The Hall–Kier alpha value is -1.58. The van der Waals surface area contributed by atoms with E-state index in [9.17, 15) is 9.18 Å². The molecule has 0 fully saturated rings. The van der Waals surface area contributed by atoms with Crippen molar-refractivity contribution in [3.05, 3.63) is 23.8 Å². The molecule has 0 aliphatic carbocycles. The van der Waals surface area contributed by atoms with Crippen LogP contribution in [0.15, 0.2) is 18.2 Å². The van der Waals surface area contributed by atoms with Crippen molar-refractivity contribution >= 4 is 6.04 Å². The van der Waals surface area contributed by atoms with Crippen LogP contribution in [0.3, 0.4) is 0 Å². The maximum atomic E-state index is 12.3. The summed E-state index contributed by atoms with van der Waals surface area (Å²) in [4.78, 5) is 10.4. The van der Waals surface area contributed by atoms with Gasteiger partial charge in [-0.15, -0.1) is 0 Å². The average molecular weight is 184 g/mol. The number of methoxy groups -OCH3 is 2. The second-order valence-corrected chi connectivity index (χ2v) is 2.38. The summed E-state index contributed by atoms with van der Waals surface area (Å²) in [5, 5.41) is 0. The second-order valence-electron chi connectivity index (χ2n) is 2.38. The quantitative estimate of drug-likeness (QED) is 0.672. The van der Waals surface area contributed by atoms with E-state index in [0.29, 0.717) is 11.5 Å². The molecule has 0 amide bonds. The van der Waals surface area contributed by atoms with Crippen LogP contribution in [0.2, 0.25) is 0 Å². The number of halogens is 1. The molecule has 0 aliphatic rings. The number of carbonyl (C=O) groups is 1. The number of carbonyl (C=O) groups excluding carboxylic acids is 1. The lowest BCUT2D eigenvalue weighted by molar-refractivity contribution is 0.0835. The number of hydrogen-bond donors (Lipinski definition) is 0. The summed E-state index contributed by atoms with van der Waals surface area (Å²) in [6, 6.07) is 2.68. The van der Waals surface area contributed by atoms with E-state index in [-0.39, 0.29) is 5.56 Å². The van der Waals surface area contributed by atoms with Gasteiger partial charge < -0.3 is 9.47 Å². The molecule has 0 aliphatic heterocycles. The smallest absolute Gasteiger partial charge is 0.332 e. The topological polar surface area (TPSA) is 35.5 Å². The molecule has 0 saturated heterocycles. The molecule has 0 radical (unpaired) electrons. The van der Waals surface area contributed by atoms with E-state index in [2.05, 4.69) is 0 Å². The first-order valence-electron chi connectivity index (χ1n) is 3.60. The molecule has 0 bridgehead atoms. The maximum Gasteiger partial charge on any atom is 0.332 e. The molecule has 0 unspecified atom stereocenters. The second kappa shape index (κ2) is 3.89. The van der Waals surface area contributed by atoms with Crippen molar-refractivity contribution < 1.29 is 18.7 Å². The van der Waals surface area contributed by atoms with Crippen LogP contribution < -0.4 is 9.47 Å². The maximum absolute atomic E-state index is 12.3. The Balaban J connectivity index is 3.14. The summed E-state index contributed by atoms with van der Waals surface area (Å²) >= 11 is 0. The van der Waals surface area contributed by atoms with Crippen LogP contribution in [0.1, 0.15) is 10.4 Å². The fourth-order valence-electron chi connectivity index (χ4n) is 0.921. The van der Waals surface area contributed by atoms with Crippen LogP contribution in [0.4, 0.5) is 4.39 Å². The molecule has 1 aromatic carbocycles. The van der Waals surface area contributed by atoms with E-state index in [4.69, 9.17) is 9.47 Å². The molecular weight excluding hydrogens is 175 g/mol. The van der Waals surface area contributed by atoms with Crippen LogP contribution in [-0.2, 0) is 0 Å². The summed E-state index contributed by atoms with van der Waals surface area (Å²) < 4.78 is 22.0. The minimum atomic E-state index is -1.50. The van der Waals surface area contributed by atoms with Gasteiger partial charge in [0.05, 0.1) is 19.8 Å². The first-order chi connectivity index (χ1) is 6.17. The van der Waals surface area contributed by atoms with Gasteiger partial charge in [0.1, 0.15) is 11.5 Å². The standard InChI is InChI=1S/C9H9FO3/c1-12-7-3-6(9(10)11)4-8(5-7)13-2/h3-5H,1-2H3. The molecular formula is C9H9FO3. The lowest BCUT2D eigenvalue weighted by atomic mass is 10.2. The third kappa shape index (κ3) is 2.18. The normalized spacial score (nSPS) is 9.46. The highest BCUT2D eigenvalue weighted by Crippen LogP contribution is 2.22. The van der Waals surface area contributed by atoms with Crippen LogP contribution in [0.5, 0.6) is 11.5 Å². The van der Waals surface area contributed by atoms with E-state index in [1.807, 2.05) is 0 Å². The molecule has 1 aromatic rings.